The smallest absolute Gasteiger partial charge is 0.164 e. The molecule has 0 saturated carbocycles. The normalized spacial score (nSPS) is 11.4. The van der Waals surface area contributed by atoms with Gasteiger partial charge in [-0.3, -0.25) is 0 Å². The predicted octanol–water partition coefficient (Wildman–Crippen LogP) is 12.5. The summed E-state index contributed by atoms with van der Waals surface area (Å²) in [6.45, 7) is 0. The maximum absolute atomic E-state index is 5.13. The SMILES string of the molecule is c1ccc(-c2ccc(-c3nc(-c4ccccc4)nc(-c4ccc5c6cc(-c7ccccc7)ccc6n(-c6ccc7ccccc7c6)c5c4)n3)cc2)cc1. The number of nitrogens with zero attached hydrogens (tertiary/aromatic N) is 4. The van der Waals surface area contributed by atoms with Gasteiger partial charge >= 0.3 is 0 Å². The van der Waals surface area contributed by atoms with E-state index in [4.69, 9.17) is 15.0 Å². The molecule has 2 heterocycles. The first-order valence-electron chi connectivity index (χ1n) is 17.9. The summed E-state index contributed by atoms with van der Waals surface area (Å²) in [5.74, 6) is 1.90. The van der Waals surface area contributed by atoms with Crippen molar-refractivity contribution in [3.63, 3.8) is 0 Å². The minimum Gasteiger partial charge on any atom is -0.309 e. The Morgan fingerprint density at radius 3 is 1.45 bits per heavy atom. The molecule has 0 spiro atoms. The summed E-state index contributed by atoms with van der Waals surface area (Å²) in [4.78, 5) is 15.2. The highest BCUT2D eigenvalue weighted by atomic mass is 15.0. The van der Waals surface area contributed by atoms with Gasteiger partial charge in [-0.25, -0.2) is 15.0 Å². The summed E-state index contributed by atoms with van der Waals surface area (Å²) >= 11 is 0. The standard InChI is InChI=1S/C49H32N4/c1-4-12-33(13-5-1)36-20-22-38(23-21-36)48-50-47(37-17-8-3-9-18-37)51-49(52-48)41-25-28-43-44-31-40(34-14-6-2-7-15-34)26-29-45(44)53(46(43)32-41)42-27-24-35-16-10-11-19-39(35)30-42/h1-32H. The Morgan fingerprint density at radius 2 is 0.774 bits per heavy atom. The van der Waals surface area contributed by atoms with Crippen molar-refractivity contribution in [1.82, 2.24) is 19.5 Å². The quantitative estimate of drug-likeness (QED) is 0.176. The molecule has 2 aromatic heterocycles. The van der Waals surface area contributed by atoms with Crippen LogP contribution >= 0.6 is 0 Å². The average Bonchev–Trinajstić information content (AvgIpc) is 3.57. The van der Waals surface area contributed by atoms with Gasteiger partial charge in [0.2, 0.25) is 0 Å². The van der Waals surface area contributed by atoms with Crippen molar-refractivity contribution in [2.75, 3.05) is 0 Å². The highest BCUT2D eigenvalue weighted by molar-refractivity contribution is 6.11. The molecule has 0 unspecified atom stereocenters. The van der Waals surface area contributed by atoms with Gasteiger partial charge in [-0.05, 0) is 63.4 Å². The minimum absolute atomic E-state index is 0.628. The summed E-state index contributed by atoms with van der Waals surface area (Å²) in [6, 6.07) is 68.2. The molecule has 0 amide bonds. The molecule has 0 N–H and O–H groups in total. The van der Waals surface area contributed by atoms with E-state index in [1.54, 1.807) is 0 Å². The van der Waals surface area contributed by atoms with Crippen LogP contribution in [0.25, 0.3) is 94.7 Å². The van der Waals surface area contributed by atoms with Crippen molar-refractivity contribution in [3.8, 4) is 62.1 Å². The molecule has 0 fully saturated rings. The number of aromatic nitrogens is 4. The molecule has 0 atom stereocenters. The van der Waals surface area contributed by atoms with Crippen LogP contribution in [-0.2, 0) is 0 Å². The molecule has 10 rings (SSSR count). The van der Waals surface area contributed by atoms with Crippen molar-refractivity contribution in [1.29, 1.82) is 0 Å². The molecule has 10 aromatic rings. The van der Waals surface area contributed by atoms with E-state index in [0.29, 0.717) is 17.5 Å². The molecule has 4 nitrogen and oxygen atoms in total. The molecule has 53 heavy (non-hydrogen) atoms. The Balaban J connectivity index is 1.17. The number of hydrogen-bond acceptors (Lipinski definition) is 3. The molecule has 0 aliphatic rings. The van der Waals surface area contributed by atoms with E-state index in [1.165, 1.54) is 38.2 Å². The van der Waals surface area contributed by atoms with Crippen molar-refractivity contribution >= 4 is 32.6 Å². The molecular formula is C49H32N4. The molecule has 8 aromatic carbocycles. The number of benzene rings is 8. The molecule has 0 radical (unpaired) electrons. The zero-order valence-corrected chi connectivity index (χ0v) is 28.8. The molecular weight excluding hydrogens is 645 g/mol. The lowest BCUT2D eigenvalue weighted by atomic mass is 10.0. The summed E-state index contributed by atoms with van der Waals surface area (Å²) in [6.07, 6.45) is 0. The summed E-state index contributed by atoms with van der Waals surface area (Å²) in [7, 11) is 0. The maximum Gasteiger partial charge on any atom is 0.164 e. The second-order valence-corrected chi connectivity index (χ2v) is 13.3. The fourth-order valence-corrected chi connectivity index (χ4v) is 7.36. The van der Waals surface area contributed by atoms with Crippen LogP contribution in [0.15, 0.2) is 194 Å². The van der Waals surface area contributed by atoms with E-state index >= 15 is 0 Å². The van der Waals surface area contributed by atoms with E-state index < -0.39 is 0 Å². The van der Waals surface area contributed by atoms with Crippen molar-refractivity contribution in [3.05, 3.63) is 194 Å². The van der Waals surface area contributed by atoms with Gasteiger partial charge in [0.1, 0.15) is 0 Å². The second kappa shape index (κ2) is 12.9. The molecule has 0 bridgehead atoms. The van der Waals surface area contributed by atoms with E-state index in [1.807, 2.05) is 36.4 Å². The lowest BCUT2D eigenvalue weighted by Gasteiger charge is -2.11. The number of fused-ring (bicyclic) bond motifs is 4. The third-order valence-corrected chi connectivity index (χ3v) is 10.0. The Bertz CT molecular complexity index is 2910. The van der Waals surface area contributed by atoms with Crippen molar-refractivity contribution in [2.24, 2.45) is 0 Å². The summed E-state index contributed by atoms with van der Waals surface area (Å²) < 4.78 is 2.37. The zero-order chi connectivity index (χ0) is 35.1. The fraction of sp³-hybridized carbons (Fsp3) is 0. The van der Waals surface area contributed by atoms with E-state index in [-0.39, 0.29) is 0 Å². The largest absolute Gasteiger partial charge is 0.309 e. The lowest BCUT2D eigenvalue weighted by molar-refractivity contribution is 1.07. The zero-order valence-electron chi connectivity index (χ0n) is 28.8. The van der Waals surface area contributed by atoms with Gasteiger partial charge in [-0.1, -0.05) is 164 Å². The monoisotopic (exact) mass is 676 g/mol. The van der Waals surface area contributed by atoms with Gasteiger partial charge < -0.3 is 4.57 Å². The van der Waals surface area contributed by atoms with E-state index in [9.17, 15) is 0 Å². The van der Waals surface area contributed by atoms with E-state index in [2.05, 4.69) is 162 Å². The highest BCUT2D eigenvalue weighted by Crippen LogP contribution is 2.38. The molecule has 248 valence electrons. The van der Waals surface area contributed by atoms with Crippen LogP contribution < -0.4 is 0 Å². The Labute approximate surface area is 307 Å². The van der Waals surface area contributed by atoms with Crippen molar-refractivity contribution in [2.45, 2.75) is 0 Å². The number of hydrogen-bond donors (Lipinski definition) is 0. The number of rotatable bonds is 6. The van der Waals surface area contributed by atoms with Gasteiger partial charge in [-0.15, -0.1) is 0 Å². The average molecular weight is 677 g/mol. The van der Waals surface area contributed by atoms with Crippen LogP contribution in [0.4, 0.5) is 0 Å². The third kappa shape index (κ3) is 5.63. The van der Waals surface area contributed by atoms with Crippen LogP contribution in [0.1, 0.15) is 0 Å². The molecule has 0 saturated heterocycles. The second-order valence-electron chi connectivity index (χ2n) is 13.3. The van der Waals surface area contributed by atoms with Crippen LogP contribution in [0.5, 0.6) is 0 Å². The first-order chi connectivity index (χ1) is 26.2. The van der Waals surface area contributed by atoms with Crippen LogP contribution in [0.3, 0.4) is 0 Å². The van der Waals surface area contributed by atoms with Gasteiger partial charge in [0.25, 0.3) is 0 Å². The van der Waals surface area contributed by atoms with Gasteiger partial charge in [0, 0.05) is 33.2 Å². The van der Waals surface area contributed by atoms with Crippen LogP contribution in [0, 0.1) is 0 Å². The highest BCUT2D eigenvalue weighted by Gasteiger charge is 2.18. The van der Waals surface area contributed by atoms with E-state index in [0.717, 1.165) is 39.0 Å². The van der Waals surface area contributed by atoms with Gasteiger partial charge in [0.15, 0.2) is 17.5 Å². The first-order valence-corrected chi connectivity index (χ1v) is 17.9. The Hall–Kier alpha value is -7.17. The summed E-state index contributed by atoms with van der Waals surface area (Å²) in [5.41, 5.74) is 10.8. The lowest BCUT2D eigenvalue weighted by Crippen LogP contribution is -2.00. The minimum atomic E-state index is 0.628. The Morgan fingerprint density at radius 1 is 0.283 bits per heavy atom. The van der Waals surface area contributed by atoms with Gasteiger partial charge in [-0.2, -0.15) is 0 Å². The molecule has 4 heteroatoms. The maximum atomic E-state index is 5.13. The van der Waals surface area contributed by atoms with Gasteiger partial charge in [0.05, 0.1) is 11.0 Å². The van der Waals surface area contributed by atoms with Crippen LogP contribution in [0.2, 0.25) is 0 Å². The summed E-state index contributed by atoms with van der Waals surface area (Å²) in [5, 5.41) is 4.78. The third-order valence-electron chi connectivity index (χ3n) is 10.0. The predicted molar refractivity (Wildman–Crippen MR) is 219 cm³/mol. The van der Waals surface area contributed by atoms with Crippen molar-refractivity contribution < 1.29 is 0 Å². The molecule has 0 aliphatic heterocycles. The fourth-order valence-electron chi connectivity index (χ4n) is 7.36. The molecule has 0 aliphatic carbocycles. The van der Waals surface area contributed by atoms with Crippen LogP contribution in [-0.4, -0.2) is 19.5 Å². The first kappa shape index (κ1) is 30.6. The Kier molecular flexibility index (Phi) is 7.43. The topological polar surface area (TPSA) is 43.6 Å².